The van der Waals surface area contributed by atoms with E-state index in [0.29, 0.717) is 24.7 Å². The normalized spacial score (nSPS) is 24.7. The molecule has 102 valence electrons. The fourth-order valence-electron chi connectivity index (χ4n) is 2.81. The van der Waals surface area contributed by atoms with Gasteiger partial charge in [0.05, 0.1) is 0 Å². The van der Waals surface area contributed by atoms with Gasteiger partial charge in [0.15, 0.2) is 5.82 Å². The summed E-state index contributed by atoms with van der Waals surface area (Å²) in [5.74, 6) is 3.68. The van der Waals surface area contributed by atoms with Gasteiger partial charge >= 0.3 is 0 Å². The van der Waals surface area contributed by atoms with Crippen LogP contribution in [-0.2, 0) is 6.42 Å². The third kappa shape index (κ3) is 3.31. The lowest BCUT2D eigenvalue weighted by atomic mass is 9.77. The minimum Gasteiger partial charge on any atom is -0.396 e. The molecule has 0 bridgehead atoms. The lowest BCUT2D eigenvalue weighted by Crippen LogP contribution is -2.18. The molecule has 18 heavy (non-hydrogen) atoms. The molecule has 2 rings (SSSR count). The predicted molar refractivity (Wildman–Crippen MR) is 69.2 cm³/mol. The van der Waals surface area contributed by atoms with E-state index in [2.05, 4.69) is 24.0 Å². The van der Waals surface area contributed by atoms with Crippen molar-refractivity contribution in [2.24, 2.45) is 11.8 Å². The molecule has 0 unspecified atom stereocenters. The Balaban J connectivity index is 1.87. The average Bonchev–Trinajstić information content (AvgIpc) is 2.85. The lowest BCUT2D eigenvalue weighted by molar-refractivity contribution is 0.251. The maximum absolute atomic E-state index is 8.77. The summed E-state index contributed by atoms with van der Waals surface area (Å²) in [5.41, 5.74) is 0. The van der Waals surface area contributed by atoms with Crippen LogP contribution in [0.15, 0.2) is 4.52 Å². The molecule has 0 saturated heterocycles. The SMILES string of the molecule is CC(C)C1CCC(c2noc(CCCO)n2)CC1. The lowest BCUT2D eigenvalue weighted by Gasteiger charge is -2.29. The molecular weight excluding hydrogens is 228 g/mol. The Morgan fingerprint density at radius 2 is 2.00 bits per heavy atom. The molecule has 0 aliphatic heterocycles. The summed E-state index contributed by atoms with van der Waals surface area (Å²) in [4.78, 5) is 4.45. The molecule has 1 N–H and O–H groups in total. The van der Waals surface area contributed by atoms with E-state index in [1.54, 1.807) is 0 Å². The first-order valence-corrected chi connectivity index (χ1v) is 7.14. The standard InChI is InChI=1S/C14H24N2O2/c1-10(2)11-5-7-12(8-6-11)14-15-13(18-16-14)4-3-9-17/h10-12,17H,3-9H2,1-2H3. The highest BCUT2D eigenvalue weighted by molar-refractivity contribution is 4.98. The smallest absolute Gasteiger partial charge is 0.226 e. The monoisotopic (exact) mass is 252 g/mol. The molecule has 0 radical (unpaired) electrons. The van der Waals surface area contributed by atoms with Crippen molar-refractivity contribution in [3.63, 3.8) is 0 Å². The first-order chi connectivity index (χ1) is 8.70. The quantitative estimate of drug-likeness (QED) is 0.875. The van der Waals surface area contributed by atoms with Crippen LogP contribution in [0.4, 0.5) is 0 Å². The first-order valence-electron chi connectivity index (χ1n) is 7.14. The Morgan fingerprint density at radius 3 is 2.61 bits per heavy atom. The van der Waals surface area contributed by atoms with Crippen LogP contribution in [0.25, 0.3) is 0 Å². The molecule has 1 heterocycles. The van der Waals surface area contributed by atoms with Crippen molar-refractivity contribution >= 4 is 0 Å². The van der Waals surface area contributed by atoms with Crippen LogP contribution >= 0.6 is 0 Å². The molecule has 4 nitrogen and oxygen atoms in total. The van der Waals surface area contributed by atoms with Gasteiger partial charge in [-0.1, -0.05) is 19.0 Å². The Hall–Kier alpha value is -0.900. The van der Waals surface area contributed by atoms with E-state index >= 15 is 0 Å². The van der Waals surface area contributed by atoms with E-state index in [0.717, 1.165) is 17.7 Å². The summed E-state index contributed by atoms with van der Waals surface area (Å²) in [5, 5.41) is 12.9. The summed E-state index contributed by atoms with van der Waals surface area (Å²) < 4.78 is 5.22. The van der Waals surface area contributed by atoms with E-state index in [4.69, 9.17) is 9.63 Å². The molecule has 1 fully saturated rings. The Morgan fingerprint density at radius 1 is 1.28 bits per heavy atom. The average molecular weight is 252 g/mol. The Bertz CT molecular complexity index is 354. The van der Waals surface area contributed by atoms with E-state index in [1.165, 1.54) is 25.7 Å². The zero-order valence-corrected chi connectivity index (χ0v) is 11.4. The predicted octanol–water partition coefficient (Wildman–Crippen LogP) is 2.92. The van der Waals surface area contributed by atoms with Gasteiger partial charge in [-0.3, -0.25) is 0 Å². The first kappa shape index (κ1) is 13.5. The third-order valence-corrected chi connectivity index (χ3v) is 4.11. The van der Waals surface area contributed by atoms with Crippen molar-refractivity contribution < 1.29 is 9.63 Å². The van der Waals surface area contributed by atoms with Gasteiger partial charge in [-0.15, -0.1) is 0 Å². The largest absolute Gasteiger partial charge is 0.396 e. The van der Waals surface area contributed by atoms with Crippen LogP contribution in [0.1, 0.15) is 63.6 Å². The maximum atomic E-state index is 8.77. The summed E-state index contributed by atoms with van der Waals surface area (Å²) >= 11 is 0. The highest BCUT2D eigenvalue weighted by atomic mass is 16.5. The molecule has 0 aromatic carbocycles. The fraction of sp³-hybridized carbons (Fsp3) is 0.857. The minimum absolute atomic E-state index is 0.178. The number of aliphatic hydroxyl groups excluding tert-OH is 1. The number of rotatable bonds is 5. The number of aliphatic hydroxyl groups is 1. The zero-order chi connectivity index (χ0) is 13.0. The molecular formula is C14H24N2O2. The second kappa shape index (κ2) is 6.32. The zero-order valence-electron chi connectivity index (χ0n) is 11.4. The van der Waals surface area contributed by atoms with Crippen molar-refractivity contribution in [2.45, 2.75) is 58.3 Å². The minimum atomic E-state index is 0.178. The molecule has 1 aromatic heterocycles. The fourth-order valence-corrected chi connectivity index (χ4v) is 2.81. The van der Waals surface area contributed by atoms with Crippen molar-refractivity contribution in [3.05, 3.63) is 11.7 Å². The van der Waals surface area contributed by atoms with Crippen LogP contribution in [0.5, 0.6) is 0 Å². The molecule has 1 aromatic rings. The maximum Gasteiger partial charge on any atom is 0.226 e. The van der Waals surface area contributed by atoms with Crippen molar-refractivity contribution in [1.29, 1.82) is 0 Å². The van der Waals surface area contributed by atoms with E-state index in [1.807, 2.05) is 0 Å². The Kier molecular flexibility index (Phi) is 4.75. The van der Waals surface area contributed by atoms with Crippen molar-refractivity contribution in [3.8, 4) is 0 Å². The number of nitrogens with zero attached hydrogens (tertiary/aromatic N) is 2. The molecule has 0 amide bonds. The molecule has 1 aliphatic carbocycles. The van der Waals surface area contributed by atoms with Gasteiger partial charge in [-0.2, -0.15) is 4.98 Å². The molecule has 1 saturated carbocycles. The van der Waals surface area contributed by atoms with Gasteiger partial charge in [0.25, 0.3) is 0 Å². The number of aryl methyl sites for hydroxylation is 1. The van der Waals surface area contributed by atoms with Gasteiger partial charge in [0.1, 0.15) is 0 Å². The van der Waals surface area contributed by atoms with Gasteiger partial charge in [-0.25, -0.2) is 0 Å². The van der Waals surface area contributed by atoms with Crippen molar-refractivity contribution in [2.75, 3.05) is 6.61 Å². The molecule has 4 heteroatoms. The van der Waals surface area contributed by atoms with Crippen LogP contribution in [0.3, 0.4) is 0 Å². The van der Waals surface area contributed by atoms with Gasteiger partial charge < -0.3 is 9.63 Å². The summed E-state index contributed by atoms with van der Waals surface area (Å²) in [7, 11) is 0. The number of hydrogen-bond acceptors (Lipinski definition) is 4. The van der Waals surface area contributed by atoms with Crippen LogP contribution in [0.2, 0.25) is 0 Å². The summed E-state index contributed by atoms with van der Waals surface area (Å²) in [6.45, 7) is 4.80. The van der Waals surface area contributed by atoms with E-state index in [-0.39, 0.29) is 6.61 Å². The Labute approximate surface area is 109 Å². The van der Waals surface area contributed by atoms with Gasteiger partial charge in [-0.05, 0) is 43.9 Å². The highest BCUT2D eigenvalue weighted by Gasteiger charge is 2.27. The summed E-state index contributed by atoms with van der Waals surface area (Å²) in [6.07, 6.45) is 6.31. The van der Waals surface area contributed by atoms with E-state index < -0.39 is 0 Å². The summed E-state index contributed by atoms with van der Waals surface area (Å²) in [6, 6.07) is 0. The number of aromatic nitrogens is 2. The van der Waals surface area contributed by atoms with Crippen LogP contribution in [-0.4, -0.2) is 21.9 Å². The molecule has 1 aliphatic rings. The van der Waals surface area contributed by atoms with E-state index in [9.17, 15) is 0 Å². The van der Waals surface area contributed by atoms with Crippen LogP contribution < -0.4 is 0 Å². The van der Waals surface area contributed by atoms with Crippen molar-refractivity contribution in [1.82, 2.24) is 10.1 Å². The van der Waals surface area contributed by atoms with Gasteiger partial charge in [0, 0.05) is 18.9 Å². The van der Waals surface area contributed by atoms with Crippen LogP contribution in [0, 0.1) is 11.8 Å². The highest BCUT2D eigenvalue weighted by Crippen LogP contribution is 2.37. The number of hydrogen-bond donors (Lipinski definition) is 1. The topological polar surface area (TPSA) is 59.2 Å². The molecule has 0 atom stereocenters. The second-order valence-electron chi connectivity index (χ2n) is 5.73. The van der Waals surface area contributed by atoms with Gasteiger partial charge in [0.2, 0.25) is 5.89 Å². The molecule has 0 spiro atoms. The third-order valence-electron chi connectivity index (χ3n) is 4.11. The second-order valence-corrected chi connectivity index (χ2v) is 5.73.